The van der Waals surface area contributed by atoms with Gasteiger partial charge in [-0.3, -0.25) is 19.4 Å². The number of rotatable bonds is 4. The first-order chi connectivity index (χ1) is 11.1. The van der Waals surface area contributed by atoms with E-state index < -0.39 is 6.03 Å². The van der Waals surface area contributed by atoms with Crippen molar-refractivity contribution in [2.75, 3.05) is 18.0 Å². The summed E-state index contributed by atoms with van der Waals surface area (Å²) >= 11 is 5.78. The third-order valence-electron chi connectivity index (χ3n) is 3.59. The number of carbonyl (C=O) groups excluding carboxylic acids is 3. The summed E-state index contributed by atoms with van der Waals surface area (Å²) in [5.74, 6) is -0.695. The van der Waals surface area contributed by atoms with E-state index in [2.05, 4.69) is 0 Å². The molecule has 2 aromatic carbocycles. The molecule has 1 saturated heterocycles. The molecule has 1 fully saturated rings. The van der Waals surface area contributed by atoms with Gasteiger partial charge in [0.1, 0.15) is 6.54 Å². The number of urea groups is 1. The Labute approximate surface area is 138 Å². The van der Waals surface area contributed by atoms with Crippen molar-refractivity contribution in [2.45, 2.75) is 0 Å². The van der Waals surface area contributed by atoms with Crippen LogP contribution < -0.4 is 4.90 Å². The number of ketones is 1. The minimum absolute atomic E-state index is 0.0588. The van der Waals surface area contributed by atoms with Gasteiger partial charge < -0.3 is 0 Å². The maximum Gasteiger partial charge on any atom is 0.332 e. The van der Waals surface area contributed by atoms with Crippen LogP contribution in [0.2, 0.25) is 5.02 Å². The molecule has 1 aliphatic heterocycles. The zero-order chi connectivity index (χ0) is 16.4. The fraction of sp³-hybridized carbons (Fsp3) is 0.118. The van der Waals surface area contributed by atoms with Crippen LogP contribution in [0.4, 0.5) is 10.5 Å². The molecule has 116 valence electrons. The summed E-state index contributed by atoms with van der Waals surface area (Å²) in [4.78, 5) is 39.0. The monoisotopic (exact) mass is 328 g/mol. The second kappa shape index (κ2) is 6.22. The molecule has 0 aliphatic carbocycles. The molecule has 0 radical (unpaired) electrons. The van der Waals surface area contributed by atoms with Gasteiger partial charge in [-0.05, 0) is 36.4 Å². The van der Waals surface area contributed by atoms with Crippen LogP contribution in [0.1, 0.15) is 10.4 Å². The lowest BCUT2D eigenvalue weighted by atomic mass is 10.1. The van der Waals surface area contributed by atoms with Gasteiger partial charge in [0.25, 0.3) is 5.91 Å². The number of nitrogens with zero attached hydrogens (tertiary/aromatic N) is 2. The highest BCUT2D eigenvalue weighted by Gasteiger charge is 2.37. The van der Waals surface area contributed by atoms with Crippen molar-refractivity contribution in [3.63, 3.8) is 0 Å². The summed E-state index contributed by atoms with van der Waals surface area (Å²) < 4.78 is 0. The van der Waals surface area contributed by atoms with E-state index in [0.717, 1.165) is 4.90 Å². The Bertz CT molecular complexity index is 759. The Morgan fingerprint density at radius 2 is 1.65 bits per heavy atom. The topological polar surface area (TPSA) is 57.7 Å². The maximum atomic E-state index is 12.4. The third-order valence-corrected chi connectivity index (χ3v) is 3.84. The second-order valence-corrected chi connectivity index (χ2v) is 5.55. The molecule has 3 amide bonds. The van der Waals surface area contributed by atoms with Gasteiger partial charge in [-0.25, -0.2) is 4.79 Å². The zero-order valence-electron chi connectivity index (χ0n) is 12.1. The number of hydrogen-bond acceptors (Lipinski definition) is 3. The molecule has 3 rings (SSSR count). The number of hydrogen-bond donors (Lipinski definition) is 0. The van der Waals surface area contributed by atoms with Crippen molar-refractivity contribution >= 4 is 35.0 Å². The first-order valence-corrected chi connectivity index (χ1v) is 7.40. The first-order valence-electron chi connectivity index (χ1n) is 7.02. The molecule has 6 heteroatoms. The van der Waals surface area contributed by atoms with Gasteiger partial charge in [-0.2, -0.15) is 0 Å². The Morgan fingerprint density at radius 1 is 1.00 bits per heavy atom. The highest BCUT2D eigenvalue weighted by molar-refractivity contribution is 6.30. The van der Waals surface area contributed by atoms with E-state index >= 15 is 0 Å². The van der Waals surface area contributed by atoms with Crippen LogP contribution in [0.3, 0.4) is 0 Å². The zero-order valence-corrected chi connectivity index (χ0v) is 12.9. The van der Waals surface area contributed by atoms with Crippen molar-refractivity contribution in [1.82, 2.24) is 4.90 Å². The number of benzene rings is 2. The lowest BCUT2D eigenvalue weighted by molar-refractivity contribution is -0.124. The van der Waals surface area contributed by atoms with Crippen LogP contribution in [-0.4, -0.2) is 35.7 Å². The molecular formula is C17H13ClN2O3. The summed E-state index contributed by atoms with van der Waals surface area (Å²) in [7, 11) is 0. The largest absolute Gasteiger partial charge is 0.332 e. The molecule has 0 atom stereocenters. The summed E-state index contributed by atoms with van der Waals surface area (Å²) in [6.07, 6.45) is 0. The van der Waals surface area contributed by atoms with Crippen molar-refractivity contribution in [3.05, 3.63) is 65.2 Å². The van der Waals surface area contributed by atoms with Gasteiger partial charge in [0.2, 0.25) is 0 Å². The average Bonchev–Trinajstić information content (AvgIpc) is 2.84. The SMILES string of the molecule is O=C(CN1C(=O)CN(c2ccccc2)C1=O)c1ccc(Cl)cc1. The predicted octanol–water partition coefficient (Wildman–Crippen LogP) is 2.99. The number of anilines is 1. The molecule has 0 unspecified atom stereocenters. The molecule has 0 bridgehead atoms. The van der Waals surface area contributed by atoms with Gasteiger partial charge in [-0.15, -0.1) is 0 Å². The predicted molar refractivity (Wildman–Crippen MR) is 86.7 cm³/mol. The molecule has 0 N–H and O–H groups in total. The van der Waals surface area contributed by atoms with Crippen LogP contribution >= 0.6 is 11.6 Å². The Morgan fingerprint density at radius 3 is 2.30 bits per heavy atom. The summed E-state index contributed by atoms with van der Waals surface area (Å²) in [5.41, 5.74) is 1.04. The number of amides is 3. The Hall–Kier alpha value is -2.66. The lowest BCUT2D eigenvalue weighted by Gasteiger charge is -2.16. The van der Waals surface area contributed by atoms with Crippen LogP contribution in [0.25, 0.3) is 0 Å². The summed E-state index contributed by atoms with van der Waals surface area (Å²) in [6.45, 7) is -0.334. The fourth-order valence-corrected chi connectivity index (χ4v) is 2.50. The van der Waals surface area contributed by atoms with Gasteiger partial charge in [-0.1, -0.05) is 29.8 Å². The van der Waals surface area contributed by atoms with Crippen LogP contribution in [0.15, 0.2) is 54.6 Å². The second-order valence-electron chi connectivity index (χ2n) is 5.11. The maximum absolute atomic E-state index is 12.4. The van der Waals surface area contributed by atoms with Gasteiger partial charge in [0, 0.05) is 16.3 Å². The van der Waals surface area contributed by atoms with Crippen molar-refractivity contribution < 1.29 is 14.4 Å². The van der Waals surface area contributed by atoms with Crippen molar-refractivity contribution in [1.29, 1.82) is 0 Å². The summed E-state index contributed by atoms with van der Waals surface area (Å²) in [6, 6.07) is 14.7. The fourth-order valence-electron chi connectivity index (χ4n) is 2.38. The van der Waals surface area contributed by atoms with E-state index in [1.54, 1.807) is 48.5 Å². The molecule has 0 aromatic heterocycles. The van der Waals surface area contributed by atoms with Crippen LogP contribution in [0, 0.1) is 0 Å². The third kappa shape index (κ3) is 3.10. The molecule has 2 aromatic rings. The smallest absolute Gasteiger partial charge is 0.292 e. The lowest BCUT2D eigenvalue weighted by Crippen LogP contribution is -2.37. The van der Waals surface area contributed by atoms with E-state index in [4.69, 9.17) is 11.6 Å². The number of Topliss-reactive ketones (excluding diaryl/α,β-unsaturated/α-hetero) is 1. The molecule has 23 heavy (non-hydrogen) atoms. The van der Waals surface area contributed by atoms with Gasteiger partial charge >= 0.3 is 6.03 Å². The quantitative estimate of drug-likeness (QED) is 0.640. The van der Waals surface area contributed by atoms with Crippen molar-refractivity contribution in [3.8, 4) is 0 Å². The number of halogens is 1. The number of para-hydroxylation sites is 1. The minimum Gasteiger partial charge on any atom is -0.292 e. The molecule has 1 heterocycles. The first kappa shape index (κ1) is 15.2. The van der Waals surface area contributed by atoms with Gasteiger partial charge in [0.15, 0.2) is 5.78 Å². The molecule has 1 aliphatic rings. The number of imide groups is 1. The number of carbonyl (C=O) groups is 3. The Balaban J connectivity index is 1.76. The van der Waals surface area contributed by atoms with E-state index in [9.17, 15) is 14.4 Å². The molecule has 5 nitrogen and oxygen atoms in total. The highest BCUT2D eigenvalue weighted by Crippen LogP contribution is 2.21. The van der Waals surface area contributed by atoms with E-state index in [-0.39, 0.29) is 24.8 Å². The van der Waals surface area contributed by atoms with Gasteiger partial charge in [0.05, 0.1) is 6.54 Å². The standard InChI is InChI=1S/C17H13ClN2O3/c18-13-8-6-12(7-9-13)15(21)10-20-16(22)11-19(17(20)23)14-4-2-1-3-5-14/h1-9H,10-11H2. The van der Waals surface area contributed by atoms with E-state index in [1.165, 1.54) is 4.90 Å². The van der Waals surface area contributed by atoms with E-state index in [1.807, 2.05) is 6.07 Å². The van der Waals surface area contributed by atoms with Crippen LogP contribution in [-0.2, 0) is 4.79 Å². The normalized spacial score (nSPS) is 14.5. The molecular weight excluding hydrogens is 316 g/mol. The Kier molecular flexibility index (Phi) is 4.12. The average molecular weight is 329 g/mol. The van der Waals surface area contributed by atoms with Crippen molar-refractivity contribution in [2.24, 2.45) is 0 Å². The molecule has 0 spiro atoms. The summed E-state index contributed by atoms with van der Waals surface area (Å²) in [5, 5.41) is 0.519. The minimum atomic E-state index is -0.483. The highest BCUT2D eigenvalue weighted by atomic mass is 35.5. The van der Waals surface area contributed by atoms with Crippen LogP contribution in [0.5, 0.6) is 0 Å². The van der Waals surface area contributed by atoms with E-state index in [0.29, 0.717) is 16.3 Å². The molecule has 0 saturated carbocycles.